The van der Waals surface area contributed by atoms with Crippen molar-refractivity contribution >= 4 is 0 Å². The van der Waals surface area contributed by atoms with E-state index in [1.54, 1.807) is 0 Å². The summed E-state index contributed by atoms with van der Waals surface area (Å²) < 4.78 is 0. The lowest BCUT2D eigenvalue weighted by molar-refractivity contribution is 0.851. The van der Waals surface area contributed by atoms with Crippen LogP contribution in [0.3, 0.4) is 0 Å². The summed E-state index contributed by atoms with van der Waals surface area (Å²) in [6.07, 6.45) is 0. The Hall–Kier alpha value is -1.96. The molecule has 0 aromatic heterocycles. The molecular formula is C14H14N2. The monoisotopic (exact) mass is 210 g/mol. The van der Waals surface area contributed by atoms with Gasteiger partial charge in [-0.2, -0.15) is 10.2 Å². The highest BCUT2D eigenvalue weighted by atomic mass is 15.1. The molecule has 16 heavy (non-hydrogen) atoms. The van der Waals surface area contributed by atoms with E-state index in [4.69, 9.17) is 0 Å². The van der Waals surface area contributed by atoms with Crippen molar-refractivity contribution in [3.8, 4) is 0 Å². The van der Waals surface area contributed by atoms with Gasteiger partial charge in [-0.3, -0.25) is 0 Å². The van der Waals surface area contributed by atoms with Crippen molar-refractivity contribution < 1.29 is 0 Å². The molecule has 0 bridgehead atoms. The largest absolute Gasteiger partial charge is 0.189 e. The maximum atomic E-state index is 4.16. The number of hydrogen-bond acceptors (Lipinski definition) is 2. The first-order valence-corrected chi connectivity index (χ1v) is 5.36. The third kappa shape index (κ3) is 3.31. The third-order valence-electron chi connectivity index (χ3n) is 2.29. The van der Waals surface area contributed by atoms with Crippen molar-refractivity contribution in [3.63, 3.8) is 0 Å². The molecule has 0 aliphatic carbocycles. The van der Waals surface area contributed by atoms with Gasteiger partial charge in [-0.25, -0.2) is 0 Å². The molecule has 0 fully saturated rings. The smallest absolute Gasteiger partial charge is 0.0849 e. The minimum absolute atomic E-state index is 0.660. The van der Waals surface area contributed by atoms with Gasteiger partial charge >= 0.3 is 0 Å². The second-order valence-corrected chi connectivity index (χ2v) is 3.57. The van der Waals surface area contributed by atoms with Crippen molar-refractivity contribution in [3.05, 3.63) is 71.8 Å². The van der Waals surface area contributed by atoms with Crippen LogP contribution in [0.25, 0.3) is 0 Å². The Bertz CT molecular complexity index is 391. The third-order valence-corrected chi connectivity index (χ3v) is 2.29. The summed E-state index contributed by atoms with van der Waals surface area (Å²) in [5, 5.41) is 8.32. The van der Waals surface area contributed by atoms with Gasteiger partial charge in [-0.05, 0) is 11.1 Å². The number of benzene rings is 2. The first kappa shape index (κ1) is 10.6. The predicted molar refractivity (Wildman–Crippen MR) is 65.1 cm³/mol. The molecule has 0 spiro atoms. The van der Waals surface area contributed by atoms with E-state index in [1.807, 2.05) is 36.4 Å². The second-order valence-electron chi connectivity index (χ2n) is 3.57. The van der Waals surface area contributed by atoms with Gasteiger partial charge in [0.05, 0.1) is 13.1 Å². The molecule has 0 aliphatic rings. The van der Waals surface area contributed by atoms with Crippen molar-refractivity contribution in [2.24, 2.45) is 10.2 Å². The van der Waals surface area contributed by atoms with Crippen LogP contribution in [0.1, 0.15) is 11.1 Å². The lowest BCUT2D eigenvalue weighted by Gasteiger charge is -1.95. The molecule has 80 valence electrons. The Morgan fingerprint density at radius 3 is 1.31 bits per heavy atom. The molecule has 2 heteroatoms. The molecule has 0 atom stereocenters. The summed E-state index contributed by atoms with van der Waals surface area (Å²) in [7, 11) is 0. The zero-order valence-electron chi connectivity index (χ0n) is 9.08. The molecule has 0 heterocycles. The van der Waals surface area contributed by atoms with Gasteiger partial charge in [0.1, 0.15) is 0 Å². The highest BCUT2D eigenvalue weighted by molar-refractivity contribution is 5.15. The lowest BCUT2D eigenvalue weighted by Crippen LogP contribution is -1.81. The Morgan fingerprint density at radius 2 is 0.938 bits per heavy atom. The highest BCUT2D eigenvalue weighted by Crippen LogP contribution is 2.03. The Balaban J connectivity index is 1.83. The van der Waals surface area contributed by atoms with E-state index in [2.05, 4.69) is 34.5 Å². The maximum absolute atomic E-state index is 4.16. The molecule has 2 rings (SSSR count). The maximum Gasteiger partial charge on any atom is 0.0849 e. The van der Waals surface area contributed by atoms with Crippen LogP contribution in [-0.4, -0.2) is 0 Å². The summed E-state index contributed by atoms with van der Waals surface area (Å²) >= 11 is 0. The molecule has 0 aliphatic heterocycles. The van der Waals surface area contributed by atoms with Crippen LogP contribution in [0.2, 0.25) is 0 Å². The van der Waals surface area contributed by atoms with Crippen LogP contribution in [0.15, 0.2) is 70.9 Å². The molecule has 0 saturated carbocycles. The van der Waals surface area contributed by atoms with Gasteiger partial charge in [0.15, 0.2) is 0 Å². The Labute approximate surface area is 95.7 Å². The van der Waals surface area contributed by atoms with Crippen molar-refractivity contribution in [1.29, 1.82) is 0 Å². The van der Waals surface area contributed by atoms with Crippen LogP contribution in [-0.2, 0) is 13.1 Å². The number of nitrogens with zero attached hydrogens (tertiary/aromatic N) is 2. The van der Waals surface area contributed by atoms with E-state index < -0.39 is 0 Å². The second kappa shape index (κ2) is 5.81. The lowest BCUT2D eigenvalue weighted by atomic mass is 10.2. The van der Waals surface area contributed by atoms with Gasteiger partial charge in [0.25, 0.3) is 0 Å². The minimum atomic E-state index is 0.660. The molecule has 2 aromatic carbocycles. The first-order chi connectivity index (χ1) is 7.95. The number of azo groups is 1. The van der Waals surface area contributed by atoms with E-state index in [9.17, 15) is 0 Å². The average molecular weight is 210 g/mol. The van der Waals surface area contributed by atoms with Crippen molar-refractivity contribution in [1.82, 2.24) is 0 Å². The van der Waals surface area contributed by atoms with Crippen molar-refractivity contribution in [2.45, 2.75) is 13.1 Å². The summed E-state index contributed by atoms with van der Waals surface area (Å²) in [5.74, 6) is 0. The number of hydrogen-bond donors (Lipinski definition) is 0. The van der Waals surface area contributed by atoms with E-state index in [1.165, 1.54) is 11.1 Å². The number of rotatable bonds is 4. The SMILES string of the molecule is c1ccc(CN=NCc2ccccc2)cc1. The van der Waals surface area contributed by atoms with Crippen LogP contribution in [0.5, 0.6) is 0 Å². The van der Waals surface area contributed by atoms with Gasteiger partial charge in [0, 0.05) is 0 Å². The molecule has 2 aromatic rings. The normalized spacial score (nSPS) is 10.8. The van der Waals surface area contributed by atoms with Crippen LogP contribution in [0.4, 0.5) is 0 Å². The quantitative estimate of drug-likeness (QED) is 0.685. The Kier molecular flexibility index (Phi) is 3.83. The van der Waals surface area contributed by atoms with E-state index in [0.29, 0.717) is 13.1 Å². The molecule has 0 unspecified atom stereocenters. The first-order valence-electron chi connectivity index (χ1n) is 5.36. The fraction of sp³-hybridized carbons (Fsp3) is 0.143. The minimum Gasteiger partial charge on any atom is -0.189 e. The molecule has 0 radical (unpaired) electrons. The topological polar surface area (TPSA) is 24.7 Å². The van der Waals surface area contributed by atoms with Crippen LogP contribution >= 0.6 is 0 Å². The summed E-state index contributed by atoms with van der Waals surface area (Å²) in [6, 6.07) is 20.3. The molecule has 0 saturated heterocycles. The van der Waals surface area contributed by atoms with E-state index >= 15 is 0 Å². The predicted octanol–water partition coefficient (Wildman–Crippen LogP) is 3.84. The standard InChI is InChI=1S/C14H14N2/c1-3-7-13(8-4-1)11-15-16-12-14-9-5-2-6-10-14/h1-10H,11-12H2. The van der Waals surface area contributed by atoms with Gasteiger partial charge in [-0.1, -0.05) is 60.7 Å². The van der Waals surface area contributed by atoms with Gasteiger partial charge < -0.3 is 0 Å². The highest BCUT2D eigenvalue weighted by Gasteiger charge is 1.89. The fourth-order valence-electron chi connectivity index (χ4n) is 1.43. The summed E-state index contributed by atoms with van der Waals surface area (Å²) in [6.45, 7) is 1.32. The zero-order chi connectivity index (χ0) is 11.1. The zero-order valence-corrected chi connectivity index (χ0v) is 9.08. The van der Waals surface area contributed by atoms with E-state index in [-0.39, 0.29) is 0 Å². The van der Waals surface area contributed by atoms with Crippen LogP contribution < -0.4 is 0 Å². The van der Waals surface area contributed by atoms with Crippen LogP contribution in [0, 0.1) is 0 Å². The molecule has 2 nitrogen and oxygen atoms in total. The summed E-state index contributed by atoms with van der Waals surface area (Å²) in [4.78, 5) is 0. The van der Waals surface area contributed by atoms with Gasteiger partial charge in [0.2, 0.25) is 0 Å². The Morgan fingerprint density at radius 1 is 0.562 bits per heavy atom. The molecular weight excluding hydrogens is 196 g/mol. The molecule has 0 N–H and O–H groups in total. The van der Waals surface area contributed by atoms with E-state index in [0.717, 1.165) is 0 Å². The average Bonchev–Trinajstić information content (AvgIpc) is 2.37. The van der Waals surface area contributed by atoms with Crippen molar-refractivity contribution in [2.75, 3.05) is 0 Å². The fourth-order valence-corrected chi connectivity index (χ4v) is 1.43. The van der Waals surface area contributed by atoms with Gasteiger partial charge in [-0.15, -0.1) is 0 Å². The molecule has 0 amide bonds. The summed E-state index contributed by atoms with van der Waals surface area (Å²) in [5.41, 5.74) is 2.39.